The van der Waals surface area contributed by atoms with E-state index in [0.29, 0.717) is 44.2 Å². The van der Waals surface area contributed by atoms with Crippen molar-refractivity contribution < 1.29 is 45.3 Å². The number of fused-ring (bicyclic) bond motifs is 9. The SMILES string of the molecule is Oc1c(O)c(O)c2c(-c3cccc4cccc(-c5cccc6c5oc5ccc7ccccc7c56)c34)c3c(O)c(O)c(O)c(O)c3c(-c3ccc4ccccc4c3)c2c1O. The van der Waals surface area contributed by atoms with Gasteiger partial charge in [0.2, 0.25) is 23.0 Å². The van der Waals surface area contributed by atoms with E-state index in [1.54, 1.807) is 30.3 Å². The molecule has 0 spiro atoms. The highest BCUT2D eigenvalue weighted by Crippen LogP contribution is 2.62. The van der Waals surface area contributed by atoms with Gasteiger partial charge < -0.3 is 45.3 Å². The molecule has 9 nitrogen and oxygen atoms in total. The number of phenols is 8. The van der Waals surface area contributed by atoms with Crippen LogP contribution in [-0.2, 0) is 0 Å². The second-order valence-electron chi connectivity index (χ2n) is 14.8. The molecule has 0 aliphatic rings. The van der Waals surface area contributed by atoms with Gasteiger partial charge >= 0.3 is 0 Å². The lowest BCUT2D eigenvalue weighted by Crippen LogP contribution is -1.96. The van der Waals surface area contributed by atoms with Crippen LogP contribution in [0.2, 0.25) is 0 Å². The number of rotatable bonds is 3. The molecule has 1 heterocycles. The molecule has 1 aromatic heterocycles. The Morgan fingerprint density at radius 1 is 0.305 bits per heavy atom. The van der Waals surface area contributed by atoms with Crippen molar-refractivity contribution in [3.63, 3.8) is 0 Å². The molecule has 10 aromatic carbocycles. The van der Waals surface area contributed by atoms with Gasteiger partial charge in [-0.15, -0.1) is 0 Å². The lowest BCUT2D eigenvalue weighted by Gasteiger charge is -2.23. The monoisotopic (exact) mass is 774 g/mol. The molecule has 0 saturated carbocycles. The predicted molar refractivity (Wildman–Crippen MR) is 231 cm³/mol. The second kappa shape index (κ2) is 12.1. The Kier molecular flexibility index (Phi) is 6.97. The maximum atomic E-state index is 12.0. The second-order valence-corrected chi connectivity index (χ2v) is 14.8. The minimum atomic E-state index is -1.04. The minimum absolute atomic E-state index is 0.0181. The van der Waals surface area contributed by atoms with Crippen molar-refractivity contribution in [2.24, 2.45) is 0 Å². The summed E-state index contributed by atoms with van der Waals surface area (Å²) in [6.07, 6.45) is 0. The third-order valence-corrected chi connectivity index (χ3v) is 11.7. The summed E-state index contributed by atoms with van der Waals surface area (Å²) in [7, 11) is 0. The van der Waals surface area contributed by atoms with Crippen LogP contribution in [0.3, 0.4) is 0 Å². The molecular formula is C50H30O9. The number of furan rings is 1. The molecule has 0 aliphatic carbocycles. The van der Waals surface area contributed by atoms with Crippen molar-refractivity contribution in [2.45, 2.75) is 0 Å². The maximum absolute atomic E-state index is 12.0. The van der Waals surface area contributed by atoms with Gasteiger partial charge in [0.05, 0.1) is 0 Å². The molecule has 0 unspecified atom stereocenters. The van der Waals surface area contributed by atoms with Gasteiger partial charge in [-0.05, 0) is 61.1 Å². The molecule has 8 N–H and O–H groups in total. The fraction of sp³-hybridized carbons (Fsp3) is 0. The summed E-state index contributed by atoms with van der Waals surface area (Å²) in [6.45, 7) is 0. The Morgan fingerprint density at radius 2 is 0.797 bits per heavy atom. The van der Waals surface area contributed by atoms with Gasteiger partial charge in [-0.1, -0.05) is 121 Å². The molecule has 59 heavy (non-hydrogen) atoms. The number of hydrogen-bond acceptors (Lipinski definition) is 9. The van der Waals surface area contributed by atoms with Crippen molar-refractivity contribution in [2.75, 3.05) is 0 Å². The van der Waals surface area contributed by atoms with E-state index in [0.717, 1.165) is 32.3 Å². The Morgan fingerprint density at radius 3 is 1.46 bits per heavy atom. The molecule has 0 saturated heterocycles. The first-order valence-corrected chi connectivity index (χ1v) is 18.7. The van der Waals surface area contributed by atoms with Crippen LogP contribution in [0.4, 0.5) is 0 Å². The molecule has 11 rings (SSSR count). The summed E-state index contributed by atoms with van der Waals surface area (Å²) in [5.41, 5.74) is 3.30. The number of benzene rings is 10. The number of phenolic OH excluding ortho intramolecular Hbond substituents is 8. The standard InChI is InChI=1S/C50H30O9/c51-42-38-35(27-19-18-23-8-1-2-10-26(23)22-27)39-41(45(54)49(58)47(56)43(39)52)37(40(38)44(53)48(57)46(42)55)31-16-6-12-25-11-5-14-29(34(25)31)30-15-7-17-32-36-28-13-4-3-9-24(28)20-21-33(36)59-50(30)32/h1-22,51-58H. The average molecular weight is 775 g/mol. The van der Waals surface area contributed by atoms with E-state index in [9.17, 15) is 40.9 Å². The van der Waals surface area contributed by atoms with Crippen LogP contribution >= 0.6 is 0 Å². The first-order valence-electron chi connectivity index (χ1n) is 18.7. The van der Waals surface area contributed by atoms with Crippen LogP contribution in [0.5, 0.6) is 46.0 Å². The van der Waals surface area contributed by atoms with Crippen LogP contribution in [-0.4, -0.2) is 40.9 Å². The maximum Gasteiger partial charge on any atom is 0.204 e. The van der Waals surface area contributed by atoms with Crippen LogP contribution in [0.1, 0.15) is 0 Å². The van der Waals surface area contributed by atoms with Crippen molar-refractivity contribution >= 4 is 75.8 Å². The normalized spacial score (nSPS) is 11.9. The third kappa shape index (κ3) is 4.55. The fourth-order valence-corrected chi connectivity index (χ4v) is 9.08. The van der Waals surface area contributed by atoms with E-state index in [4.69, 9.17) is 4.42 Å². The van der Waals surface area contributed by atoms with Crippen LogP contribution < -0.4 is 0 Å². The molecule has 11 aromatic rings. The first kappa shape index (κ1) is 34.0. The zero-order valence-corrected chi connectivity index (χ0v) is 30.7. The van der Waals surface area contributed by atoms with Crippen molar-refractivity contribution in [1.29, 1.82) is 0 Å². The zero-order chi connectivity index (χ0) is 40.4. The largest absolute Gasteiger partial charge is 0.504 e. The van der Waals surface area contributed by atoms with E-state index < -0.39 is 46.0 Å². The lowest BCUT2D eigenvalue weighted by atomic mass is 9.81. The zero-order valence-electron chi connectivity index (χ0n) is 30.7. The Balaban J connectivity index is 1.34. The molecule has 0 radical (unpaired) electrons. The van der Waals surface area contributed by atoms with E-state index >= 15 is 0 Å². The minimum Gasteiger partial charge on any atom is -0.504 e. The van der Waals surface area contributed by atoms with Gasteiger partial charge in [0.25, 0.3) is 0 Å². The van der Waals surface area contributed by atoms with Crippen LogP contribution in [0.15, 0.2) is 138 Å². The molecule has 0 fully saturated rings. The van der Waals surface area contributed by atoms with Crippen LogP contribution in [0, 0.1) is 0 Å². The lowest BCUT2D eigenvalue weighted by molar-refractivity contribution is 0.350. The van der Waals surface area contributed by atoms with Gasteiger partial charge in [-0.3, -0.25) is 0 Å². The van der Waals surface area contributed by atoms with Crippen molar-refractivity contribution in [3.05, 3.63) is 133 Å². The number of aromatic hydroxyl groups is 8. The van der Waals surface area contributed by atoms with Gasteiger partial charge in [0, 0.05) is 49.0 Å². The third-order valence-electron chi connectivity index (χ3n) is 11.7. The summed E-state index contributed by atoms with van der Waals surface area (Å²) in [5.74, 6) is -7.50. The highest BCUT2D eigenvalue weighted by Gasteiger charge is 2.33. The molecule has 0 bridgehead atoms. The summed E-state index contributed by atoms with van der Waals surface area (Å²) in [6, 6.07) is 41.6. The van der Waals surface area contributed by atoms with E-state index in [1.807, 2.05) is 97.1 Å². The van der Waals surface area contributed by atoms with E-state index in [1.165, 1.54) is 0 Å². The topological polar surface area (TPSA) is 175 Å². The molecule has 0 amide bonds. The first-order chi connectivity index (χ1) is 28.6. The smallest absolute Gasteiger partial charge is 0.204 e. The van der Waals surface area contributed by atoms with Crippen molar-refractivity contribution in [1.82, 2.24) is 0 Å². The van der Waals surface area contributed by atoms with Crippen LogP contribution in [0.25, 0.3) is 109 Å². The average Bonchev–Trinajstić information content (AvgIpc) is 3.67. The van der Waals surface area contributed by atoms with Gasteiger partial charge in [-0.25, -0.2) is 0 Å². The quantitative estimate of drug-likeness (QED) is 0.0493. The summed E-state index contributed by atoms with van der Waals surface area (Å²) in [4.78, 5) is 0. The predicted octanol–water partition coefficient (Wildman–Crippen LogP) is 12.0. The Labute approximate surface area is 333 Å². The Bertz CT molecular complexity index is 3570. The van der Waals surface area contributed by atoms with E-state index in [2.05, 4.69) is 6.07 Å². The highest BCUT2D eigenvalue weighted by molar-refractivity contribution is 6.31. The fourth-order valence-electron chi connectivity index (χ4n) is 9.08. The van der Waals surface area contributed by atoms with E-state index in [-0.39, 0.29) is 32.7 Å². The summed E-state index contributed by atoms with van der Waals surface area (Å²) < 4.78 is 6.64. The molecule has 0 aliphatic heterocycles. The van der Waals surface area contributed by atoms with Gasteiger partial charge in [-0.2, -0.15) is 0 Å². The molecular weight excluding hydrogens is 745 g/mol. The van der Waals surface area contributed by atoms with Gasteiger partial charge in [0.15, 0.2) is 23.0 Å². The number of para-hydroxylation sites is 1. The highest BCUT2D eigenvalue weighted by atomic mass is 16.4. The van der Waals surface area contributed by atoms with Gasteiger partial charge in [0.1, 0.15) is 11.2 Å². The molecule has 284 valence electrons. The Hall–Kier alpha value is -8.30. The summed E-state index contributed by atoms with van der Waals surface area (Å²) >= 11 is 0. The van der Waals surface area contributed by atoms with Crippen molar-refractivity contribution in [3.8, 4) is 79.4 Å². The molecule has 0 atom stereocenters. The summed E-state index contributed by atoms with van der Waals surface area (Å²) in [5, 5.41) is 98.2. The number of hydrogen-bond donors (Lipinski definition) is 8. The molecule has 9 heteroatoms.